The molecular formula is C28H34N2O5. The summed E-state index contributed by atoms with van der Waals surface area (Å²) in [5.74, 6) is -0.692. The van der Waals surface area contributed by atoms with E-state index in [1.807, 2.05) is 31.2 Å². The summed E-state index contributed by atoms with van der Waals surface area (Å²) in [5.41, 5.74) is 2.49. The highest BCUT2D eigenvalue weighted by molar-refractivity contribution is 6.46. The highest BCUT2D eigenvalue weighted by Gasteiger charge is 2.46. The summed E-state index contributed by atoms with van der Waals surface area (Å²) in [4.78, 5) is 30.2. The molecule has 7 heteroatoms. The molecule has 2 fully saturated rings. The molecule has 2 aliphatic heterocycles. The van der Waals surface area contributed by atoms with Crippen LogP contribution in [-0.4, -0.2) is 72.6 Å². The van der Waals surface area contributed by atoms with E-state index in [1.165, 1.54) is 0 Å². The Balaban J connectivity index is 1.65. The van der Waals surface area contributed by atoms with Gasteiger partial charge in [0.1, 0.15) is 11.5 Å². The van der Waals surface area contributed by atoms with Crippen LogP contribution in [0.4, 0.5) is 0 Å². The Kier molecular flexibility index (Phi) is 8.21. The number of morpholine rings is 1. The fourth-order valence-corrected chi connectivity index (χ4v) is 4.48. The van der Waals surface area contributed by atoms with Crippen LogP contribution < -0.4 is 4.74 Å². The molecule has 1 atom stereocenters. The number of hydrogen-bond donors (Lipinski definition) is 1. The second-order valence-electron chi connectivity index (χ2n) is 9.08. The van der Waals surface area contributed by atoms with Crippen molar-refractivity contribution in [2.45, 2.75) is 32.7 Å². The van der Waals surface area contributed by atoms with Crippen LogP contribution in [0.1, 0.15) is 42.5 Å². The van der Waals surface area contributed by atoms with Gasteiger partial charge in [0.15, 0.2) is 0 Å². The first-order chi connectivity index (χ1) is 17.0. The lowest BCUT2D eigenvalue weighted by molar-refractivity contribution is -0.140. The summed E-state index contributed by atoms with van der Waals surface area (Å²) >= 11 is 0. The maximum absolute atomic E-state index is 13.2. The van der Waals surface area contributed by atoms with Gasteiger partial charge >= 0.3 is 0 Å². The van der Waals surface area contributed by atoms with Crippen LogP contribution in [0, 0.1) is 6.92 Å². The topological polar surface area (TPSA) is 79.3 Å². The molecule has 1 unspecified atom stereocenters. The van der Waals surface area contributed by atoms with E-state index in [9.17, 15) is 14.7 Å². The van der Waals surface area contributed by atoms with Gasteiger partial charge in [-0.3, -0.25) is 14.5 Å². The first-order valence-electron chi connectivity index (χ1n) is 12.4. The molecule has 0 aliphatic carbocycles. The summed E-state index contributed by atoms with van der Waals surface area (Å²) in [5, 5.41) is 11.2. The maximum Gasteiger partial charge on any atom is 0.295 e. The van der Waals surface area contributed by atoms with Crippen molar-refractivity contribution in [2.75, 3.05) is 46.0 Å². The van der Waals surface area contributed by atoms with Crippen LogP contribution in [0.5, 0.6) is 5.75 Å². The molecule has 0 aromatic heterocycles. The minimum atomic E-state index is -0.654. The highest BCUT2D eigenvalue weighted by Crippen LogP contribution is 2.39. The van der Waals surface area contributed by atoms with Crippen molar-refractivity contribution in [1.29, 1.82) is 0 Å². The van der Waals surface area contributed by atoms with Crippen molar-refractivity contribution in [2.24, 2.45) is 0 Å². The van der Waals surface area contributed by atoms with Crippen molar-refractivity contribution < 1.29 is 24.2 Å². The molecule has 0 spiro atoms. The molecule has 2 saturated heterocycles. The molecule has 2 aromatic carbocycles. The summed E-state index contributed by atoms with van der Waals surface area (Å²) in [7, 11) is 0. The van der Waals surface area contributed by atoms with Crippen LogP contribution >= 0.6 is 0 Å². The predicted octanol–water partition coefficient (Wildman–Crippen LogP) is 3.93. The molecule has 4 rings (SSSR count). The van der Waals surface area contributed by atoms with Crippen LogP contribution in [0.3, 0.4) is 0 Å². The second kappa shape index (κ2) is 11.5. The predicted molar refractivity (Wildman–Crippen MR) is 134 cm³/mol. The van der Waals surface area contributed by atoms with Crippen LogP contribution in [-0.2, 0) is 14.3 Å². The largest absolute Gasteiger partial charge is 0.507 e. The number of carbonyl (C=O) groups excluding carboxylic acids is 2. The number of likely N-dealkylation sites (tertiary alicyclic amines) is 1. The number of Topliss-reactive ketones (excluding diaryl/α,β-unsaturated/α-hetero) is 1. The fourth-order valence-electron chi connectivity index (χ4n) is 4.48. The molecule has 1 amide bonds. The highest BCUT2D eigenvalue weighted by atomic mass is 16.5. The first-order valence-corrected chi connectivity index (χ1v) is 12.4. The Bertz CT molecular complexity index is 1060. The molecule has 35 heavy (non-hydrogen) atoms. The van der Waals surface area contributed by atoms with Crippen molar-refractivity contribution in [3.63, 3.8) is 0 Å². The van der Waals surface area contributed by atoms with Crippen molar-refractivity contribution in [1.82, 2.24) is 9.80 Å². The Morgan fingerprint density at radius 3 is 2.37 bits per heavy atom. The normalized spacial score (nSPS) is 20.4. The van der Waals surface area contributed by atoms with Gasteiger partial charge in [0, 0.05) is 31.7 Å². The molecule has 0 saturated carbocycles. The van der Waals surface area contributed by atoms with Gasteiger partial charge in [0.2, 0.25) is 0 Å². The first kappa shape index (κ1) is 24.9. The number of nitrogens with zero attached hydrogens (tertiary/aromatic N) is 2. The van der Waals surface area contributed by atoms with Gasteiger partial charge in [0.25, 0.3) is 11.7 Å². The third-order valence-corrected chi connectivity index (χ3v) is 6.59. The van der Waals surface area contributed by atoms with E-state index >= 15 is 0 Å². The van der Waals surface area contributed by atoms with Crippen molar-refractivity contribution >= 4 is 17.4 Å². The third-order valence-electron chi connectivity index (χ3n) is 6.59. The minimum absolute atomic E-state index is 0.125. The number of rotatable bonds is 9. The number of aliphatic hydroxyl groups excluding tert-OH is 1. The number of hydrogen-bond acceptors (Lipinski definition) is 6. The Labute approximate surface area is 206 Å². The van der Waals surface area contributed by atoms with Gasteiger partial charge in [-0.25, -0.2) is 0 Å². The molecule has 0 bridgehead atoms. The number of ketones is 1. The van der Waals surface area contributed by atoms with Crippen LogP contribution in [0.25, 0.3) is 5.76 Å². The van der Waals surface area contributed by atoms with Gasteiger partial charge < -0.3 is 19.5 Å². The molecule has 0 radical (unpaired) electrons. The van der Waals surface area contributed by atoms with Crippen LogP contribution in [0.2, 0.25) is 0 Å². The Hall–Kier alpha value is -3.16. The van der Waals surface area contributed by atoms with E-state index in [4.69, 9.17) is 9.47 Å². The second-order valence-corrected chi connectivity index (χ2v) is 9.08. The zero-order valence-corrected chi connectivity index (χ0v) is 20.5. The maximum atomic E-state index is 13.2. The standard InChI is InChI=1S/C28H34N2O5/c1-3-4-17-35-23-11-9-22(10-12-23)26(31)24-25(21-7-5-20(2)6-8-21)30(28(33)27(24)32)14-13-29-15-18-34-19-16-29/h5-12,25,31H,3-4,13-19H2,1-2H3/b26-24+. The van der Waals surface area contributed by atoms with E-state index in [2.05, 4.69) is 11.8 Å². The third kappa shape index (κ3) is 5.74. The SMILES string of the molecule is CCCCOc1ccc(/C(O)=C2\C(=O)C(=O)N(CCN3CCOCC3)C2c2ccc(C)cc2)cc1. The number of unbranched alkanes of at least 4 members (excludes halogenated alkanes) is 1. The minimum Gasteiger partial charge on any atom is -0.507 e. The molecule has 2 aromatic rings. The fraction of sp³-hybridized carbons (Fsp3) is 0.429. The Morgan fingerprint density at radius 1 is 1.03 bits per heavy atom. The summed E-state index contributed by atoms with van der Waals surface area (Å²) in [6.07, 6.45) is 2.01. The zero-order valence-electron chi connectivity index (χ0n) is 20.5. The van der Waals surface area contributed by atoms with Gasteiger partial charge in [0.05, 0.1) is 31.4 Å². The van der Waals surface area contributed by atoms with Gasteiger partial charge in [-0.2, -0.15) is 0 Å². The summed E-state index contributed by atoms with van der Waals surface area (Å²) < 4.78 is 11.1. The average Bonchev–Trinajstić information content (AvgIpc) is 3.13. The quantitative estimate of drug-likeness (QED) is 0.255. The van der Waals surface area contributed by atoms with E-state index in [-0.39, 0.29) is 11.3 Å². The van der Waals surface area contributed by atoms with Crippen molar-refractivity contribution in [3.8, 4) is 5.75 Å². The molecule has 186 valence electrons. The lowest BCUT2D eigenvalue weighted by atomic mass is 9.94. The average molecular weight is 479 g/mol. The van der Waals surface area contributed by atoms with Gasteiger partial charge in [-0.15, -0.1) is 0 Å². The number of carbonyl (C=O) groups is 2. The summed E-state index contributed by atoms with van der Waals surface area (Å²) in [6, 6.07) is 14.1. The van der Waals surface area contributed by atoms with E-state index in [1.54, 1.807) is 29.2 Å². The van der Waals surface area contributed by atoms with Crippen LogP contribution in [0.15, 0.2) is 54.1 Å². The number of benzene rings is 2. The number of amides is 1. The summed E-state index contributed by atoms with van der Waals surface area (Å²) in [6.45, 7) is 8.68. The molecule has 2 heterocycles. The van der Waals surface area contributed by atoms with E-state index in [0.29, 0.717) is 44.2 Å². The molecular weight excluding hydrogens is 444 g/mol. The molecule has 7 nitrogen and oxygen atoms in total. The number of aliphatic hydroxyl groups is 1. The van der Waals surface area contributed by atoms with E-state index in [0.717, 1.165) is 37.1 Å². The van der Waals surface area contributed by atoms with E-state index < -0.39 is 17.7 Å². The van der Waals surface area contributed by atoms with Gasteiger partial charge in [-0.1, -0.05) is 43.2 Å². The lowest BCUT2D eigenvalue weighted by Crippen LogP contribution is -2.42. The zero-order chi connectivity index (χ0) is 24.8. The van der Waals surface area contributed by atoms with Crippen molar-refractivity contribution in [3.05, 3.63) is 70.8 Å². The number of aryl methyl sites for hydroxylation is 1. The molecule has 2 aliphatic rings. The Morgan fingerprint density at radius 2 is 1.71 bits per heavy atom. The molecule has 1 N–H and O–H groups in total. The lowest BCUT2D eigenvalue weighted by Gasteiger charge is -2.31. The number of ether oxygens (including phenoxy) is 2. The monoisotopic (exact) mass is 478 g/mol. The van der Waals surface area contributed by atoms with Gasteiger partial charge in [-0.05, 0) is 43.2 Å². The smallest absolute Gasteiger partial charge is 0.295 e.